The maximum absolute atomic E-state index is 13.3. The van der Waals surface area contributed by atoms with E-state index in [4.69, 9.17) is 4.74 Å². The minimum atomic E-state index is -4.39. The summed E-state index contributed by atoms with van der Waals surface area (Å²) >= 11 is 1.12. The number of sulfonamides is 1. The zero-order valence-corrected chi connectivity index (χ0v) is 24.0. The van der Waals surface area contributed by atoms with Crippen molar-refractivity contribution in [3.63, 3.8) is 0 Å². The summed E-state index contributed by atoms with van der Waals surface area (Å²) in [7, 11) is -2.17. The quantitative estimate of drug-likeness (QED) is 0.347. The Labute approximate surface area is 236 Å². The number of thiophene rings is 1. The molecule has 0 aliphatic carbocycles. The van der Waals surface area contributed by atoms with E-state index in [0.29, 0.717) is 42.1 Å². The number of ether oxygens (including phenoxy) is 1. The van der Waals surface area contributed by atoms with Gasteiger partial charge in [-0.1, -0.05) is 18.2 Å². The molecule has 2 aromatic carbocycles. The lowest BCUT2D eigenvalue weighted by Crippen LogP contribution is -2.50. The molecule has 1 fully saturated rings. The van der Waals surface area contributed by atoms with Crippen molar-refractivity contribution in [2.45, 2.75) is 55.2 Å². The van der Waals surface area contributed by atoms with E-state index in [-0.39, 0.29) is 22.7 Å². The van der Waals surface area contributed by atoms with Crippen LogP contribution in [0.2, 0.25) is 0 Å². The van der Waals surface area contributed by atoms with Gasteiger partial charge in [0.2, 0.25) is 0 Å². The molecule has 4 rings (SSSR count). The van der Waals surface area contributed by atoms with Crippen molar-refractivity contribution < 1.29 is 31.1 Å². The van der Waals surface area contributed by atoms with E-state index in [1.807, 2.05) is 13.8 Å². The molecule has 3 aromatic rings. The standard InChI is InChI=1S/C28H32F3N3O4S2/c1-27(2,20-7-9-21(10-8-20)28(29,30)31)33-22-13-15-34(16-14-22)40(36,37)25-12-11-24(39-25)18-32-26(35)19-5-4-6-23(17-19)38-3/h4-12,17,22,33H,13-16,18H2,1-3H3,(H,32,35). The third-order valence-electron chi connectivity index (χ3n) is 6.94. The van der Waals surface area contributed by atoms with Crippen molar-refractivity contribution in [2.75, 3.05) is 20.2 Å². The molecule has 0 spiro atoms. The minimum Gasteiger partial charge on any atom is -0.497 e. The molecule has 1 aromatic heterocycles. The largest absolute Gasteiger partial charge is 0.497 e. The summed E-state index contributed by atoms with van der Waals surface area (Å²) in [5.41, 5.74) is -0.114. The van der Waals surface area contributed by atoms with Crippen LogP contribution in [0.25, 0.3) is 0 Å². The van der Waals surface area contributed by atoms with Crippen molar-refractivity contribution >= 4 is 27.3 Å². The van der Waals surface area contributed by atoms with Crippen molar-refractivity contribution in [3.8, 4) is 5.75 Å². The summed E-state index contributed by atoms with van der Waals surface area (Å²) in [6.45, 7) is 4.64. The number of halogens is 3. The number of amides is 1. The van der Waals surface area contributed by atoms with Crippen LogP contribution in [0, 0.1) is 0 Å². The highest BCUT2D eigenvalue weighted by molar-refractivity contribution is 7.91. The summed E-state index contributed by atoms with van der Waals surface area (Å²) < 4.78 is 72.1. The molecule has 216 valence electrons. The van der Waals surface area contributed by atoms with Crippen LogP contribution in [0.15, 0.2) is 64.9 Å². The number of hydrogen-bond acceptors (Lipinski definition) is 6. The second-order valence-corrected chi connectivity index (χ2v) is 13.5. The van der Waals surface area contributed by atoms with Gasteiger partial charge >= 0.3 is 6.18 Å². The molecular formula is C28H32F3N3O4S2. The van der Waals surface area contributed by atoms with Gasteiger partial charge < -0.3 is 15.4 Å². The Bertz CT molecular complexity index is 1430. The summed E-state index contributed by atoms with van der Waals surface area (Å²) in [4.78, 5) is 13.2. The third-order valence-corrected chi connectivity index (χ3v) is 10.4. The molecule has 0 saturated carbocycles. The Morgan fingerprint density at radius 1 is 1.02 bits per heavy atom. The fraction of sp³-hybridized carbons (Fsp3) is 0.393. The van der Waals surface area contributed by atoms with Gasteiger partial charge in [-0.05, 0) is 74.7 Å². The molecule has 7 nitrogen and oxygen atoms in total. The Hall–Kier alpha value is -2.93. The van der Waals surface area contributed by atoms with E-state index in [9.17, 15) is 26.4 Å². The number of carbonyl (C=O) groups is 1. The molecule has 0 bridgehead atoms. The first-order chi connectivity index (χ1) is 18.8. The number of methoxy groups -OCH3 is 1. The van der Waals surface area contributed by atoms with Gasteiger partial charge in [-0.2, -0.15) is 17.5 Å². The smallest absolute Gasteiger partial charge is 0.416 e. The van der Waals surface area contributed by atoms with Crippen LogP contribution in [-0.4, -0.2) is 44.9 Å². The van der Waals surface area contributed by atoms with Crippen LogP contribution >= 0.6 is 11.3 Å². The van der Waals surface area contributed by atoms with Crippen molar-refractivity contribution in [1.29, 1.82) is 0 Å². The van der Waals surface area contributed by atoms with E-state index >= 15 is 0 Å². The van der Waals surface area contributed by atoms with E-state index in [1.165, 1.54) is 23.5 Å². The fourth-order valence-corrected chi connectivity index (χ4v) is 7.58. The number of nitrogens with zero attached hydrogens (tertiary/aromatic N) is 1. The molecule has 1 aliphatic rings. The number of nitrogens with one attached hydrogen (secondary N) is 2. The van der Waals surface area contributed by atoms with Gasteiger partial charge in [-0.3, -0.25) is 4.79 Å². The first-order valence-electron chi connectivity index (χ1n) is 12.8. The molecule has 0 atom stereocenters. The second kappa shape index (κ2) is 11.9. The second-order valence-electron chi connectivity index (χ2n) is 10.2. The molecule has 0 radical (unpaired) electrons. The molecule has 40 heavy (non-hydrogen) atoms. The van der Waals surface area contributed by atoms with Crippen molar-refractivity contribution in [1.82, 2.24) is 14.9 Å². The molecule has 12 heteroatoms. The maximum Gasteiger partial charge on any atom is 0.416 e. The number of piperidine rings is 1. The topological polar surface area (TPSA) is 87.7 Å². The fourth-order valence-electron chi connectivity index (χ4n) is 4.66. The predicted molar refractivity (Wildman–Crippen MR) is 148 cm³/mol. The lowest BCUT2D eigenvalue weighted by atomic mass is 9.91. The Morgan fingerprint density at radius 2 is 1.68 bits per heavy atom. The highest BCUT2D eigenvalue weighted by atomic mass is 32.2. The molecule has 2 N–H and O–H groups in total. The normalized spacial score (nSPS) is 15.7. The van der Waals surface area contributed by atoms with Crippen molar-refractivity contribution in [3.05, 3.63) is 82.2 Å². The lowest BCUT2D eigenvalue weighted by Gasteiger charge is -2.37. The maximum atomic E-state index is 13.3. The van der Waals surface area contributed by atoms with E-state index in [2.05, 4.69) is 10.6 Å². The van der Waals surface area contributed by atoms with Gasteiger partial charge in [0.1, 0.15) is 9.96 Å². The zero-order chi connectivity index (χ0) is 29.1. The monoisotopic (exact) mass is 595 g/mol. The van der Waals surface area contributed by atoms with Gasteiger partial charge in [-0.15, -0.1) is 11.3 Å². The average Bonchev–Trinajstić information content (AvgIpc) is 3.41. The van der Waals surface area contributed by atoms with Crippen LogP contribution in [0.1, 0.15) is 53.1 Å². The predicted octanol–water partition coefficient (Wildman–Crippen LogP) is 5.38. The minimum absolute atomic E-state index is 0.00876. The molecule has 1 amide bonds. The van der Waals surface area contributed by atoms with E-state index in [0.717, 1.165) is 29.0 Å². The Morgan fingerprint density at radius 3 is 2.30 bits per heavy atom. The van der Waals surface area contributed by atoms with Crippen LogP contribution in [0.4, 0.5) is 13.2 Å². The summed E-state index contributed by atoms with van der Waals surface area (Å²) in [5, 5.41) is 6.29. The van der Waals surface area contributed by atoms with Crippen LogP contribution < -0.4 is 15.4 Å². The molecule has 1 saturated heterocycles. The van der Waals surface area contributed by atoms with Crippen LogP contribution in [-0.2, 0) is 28.3 Å². The summed E-state index contributed by atoms with van der Waals surface area (Å²) in [5.74, 6) is 0.282. The Balaban J connectivity index is 1.31. The SMILES string of the molecule is COc1cccc(C(=O)NCc2ccc(S(=O)(=O)N3CCC(NC(C)(C)c4ccc(C(F)(F)F)cc4)CC3)s2)c1. The Kier molecular flexibility index (Phi) is 8.93. The number of benzene rings is 2. The molecular weight excluding hydrogens is 563 g/mol. The highest BCUT2D eigenvalue weighted by Gasteiger charge is 2.34. The summed E-state index contributed by atoms with van der Waals surface area (Å²) in [6, 6.07) is 15.1. The van der Waals surface area contributed by atoms with E-state index in [1.54, 1.807) is 36.4 Å². The van der Waals surface area contributed by atoms with Crippen LogP contribution in [0.3, 0.4) is 0 Å². The summed E-state index contributed by atoms with van der Waals surface area (Å²) in [6.07, 6.45) is -3.25. The number of rotatable bonds is 9. The average molecular weight is 596 g/mol. The van der Waals surface area contributed by atoms with Gasteiger partial charge in [0, 0.05) is 35.1 Å². The number of carbonyl (C=O) groups excluding carboxylic acids is 1. The molecule has 0 unspecified atom stereocenters. The van der Waals surface area contributed by atoms with Gasteiger partial charge in [0.05, 0.1) is 19.2 Å². The van der Waals surface area contributed by atoms with Crippen molar-refractivity contribution in [2.24, 2.45) is 0 Å². The van der Waals surface area contributed by atoms with Gasteiger partial charge in [0.15, 0.2) is 0 Å². The highest BCUT2D eigenvalue weighted by Crippen LogP contribution is 2.32. The van der Waals surface area contributed by atoms with Gasteiger partial charge in [0.25, 0.3) is 15.9 Å². The van der Waals surface area contributed by atoms with E-state index < -0.39 is 27.3 Å². The number of hydrogen-bond donors (Lipinski definition) is 2. The van der Waals surface area contributed by atoms with Gasteiger partial charge in [-0.25, -0.2) is 8.42 Å². The first kappa shape index (κ1) is 30.0. The third kappa shape index (κ3) is 7.03. The first-order valence-corrected chi connectivity index (χ1v) is 15.0. The molecule has 2 heterocycles. The molecule has 1 aliphatic heterocycles. The number of alkyl halides is 3. The van der Waals surface area contributed by atoms with Crippen LogP contribution in [0.5, 0.6) is 5.75 Å². The zero-order valence-electron chi connectivity index (χ0n) is 22.4. The lowest BCUT2D eigenvalue weighted by molar-refractivity contribution is -0.137.